The smallest absolute Gasteiger partial charge is 0.318 e. The number of carbonyl (C=O) groups is 2. The number of carbonyl (C=O) groups excluding carboxylic acids is 2. The maximum absolute atomic E-state index is 11.7. The Morgan fingerprint density at radius 2 is 1.75 bits per heavy atom. The summed E-state index contributed by atoms with van der Waals surface area (Å²) in [5.74, 6) is -2.05. The molecule has 118 valence electrons. The lowest BCUT2D eigenvalue weighted by atomic mass is 10.1. The predicted molar refractivity (Wildman–Crippen MR) is 75.5 cm³/mol. The van der Waals surface area contributed by atoms with Gasteiger partial charge >= 0.3 is 5.97 Å². The summed E-state index contributed by atoms with van der Waals surface area (Å²) in [5, 5.41) is 2.48. The zero-order valence-corrected chi connectivity index (χ0v) is 13.5. The van der Waals surface area contributed by atoms with Crippen LogP contribution in [0.2, 0.25) is 0 Å². The molecule has 1 atom stereocenters. The van der Waals surface area contributed by atoms with Crippen molar-refractivity contribution >= 4 is 21.9 Å². The van der Waals surface area contributed by atoms with Crippen LogP contribution in [0.15, 0.2) is 0 Å². The Kier molecular flexibility index (Phi) is 7.15. The Balaban J connectivity index is 4.13. The van der Waals surface area contributed by atoms with Crippen molar-refractivity contribution in [2.45, 2.75) is 40.2 Å². The van der Waals surface area contributed by atoms with Crippen molar-refractivity contribution in [3.63, 3.8) is 0 Å². The molecule has 0 aliphatic carbocycles. The number of esters is 1. The molecule has 0 aromatic heterocycles. The fourth-order valence-corrected chi connectivity index (χ4v) is 1.76. The first-order valence-corrected chi connectivity index (χ1v) is 8.11. The zero-order valence-electron chi connectivity index (χ0n) is 12.6. The van der Waals surface area contributed by atoms with Crippen molar-refractivity contribution < 1.29 is 22.7 Å². The van der Waals surface area contributed by atoms with E-state index in [1.54, 1.807) is 20.8 Å². The molecule has 0 bridgehead atoms. The van der Waals surface area contributed by atoms with Crippen LogP contribution in [0.5, 0.6) is 0 Å². The molecule has 1 amide bonds. The molecule has 0 aromatic carbocycles. The largest absolute Gasteiger partial charge is 0.459 e. The second-order valence-corrected chi connectivity index (χ2v) is 7.44. The van der Waals surface area contributed by atoms with Crippen LogP contribution in [-0.4, -0.2) is 44.7 Å². The fraction of sp³-hybridized carbons (Fsp3) is 0.833. The summed E-state index contributed by atoms with van der Waals surface area (Å²) in [7, 11) is -3.27. The van der Waals surface area contributed by atoms with Crippen LogP contribution < -0.4 is 10.0 Å². The zero-order chi connectivity index (χ0) is 16.0. The van der Waals surface area contributed by atoms with Gasteiger partial charge in [0.25, 0.3) is 0 Å². The minimum absolute atomic E-state index is 0.0186. The van der Waals surface area contributed by atoms with E-state index in [2.05, 4.69) is 10.0 Å². The molecule has 0 aromatic rings. The van der Waals surface area contributed by atoms with Gasteiger partial charge in [-0.3, -0.25) is 9.59 Å². The van der Waals surface area contributed by atoms with Gasteiger partial charge in [0.05, 0.1) is 5.75 Å². The number of nitrogens with one attached hydrogen (secondary N) is 2. The van der Waals surface area contributed by atoms with Crippen LogP contribution in [0.3, 0.4) is 0 Å². The highest BCUT2D eigenvalue weighted by atomic mass is 32.2. The van der Waals surface area contributed by atoms with Gasteiger partial charge in [-0.2, -0.15) is 0 Å². The van der Waals surface area contributed by atoms with Crippen LogP contribution in [-0.2, 0) is 24.3 Å². The molecule has 20 heavy (non-hydrogen) atoms. The van der Waals surface area contributed by atoms with Gasteiger partial charge in [-0.15, -0.1) is 0 Å². The molecular formula is C12H24N2O5S. The second kappa shape index (κ2) is 7.58. The molecular weight excluding hydrogens is 284 g/mol. The van der Waals surface area contributed by atoms with E-state index in [1.807, 2.05) is 0 Å². The molecule has 2 N–H and O–H groups in total. The highest BCUT2D eigenvalue weighted by Gasteiger charge is 2.26. The number of amides is 1. The average molecular weight is 308 g/mol. The Bertz CT molecular complexity index is 439. The third-order valence-corrected chi connectivity index (χ3v) is 3.68. The summed E-state index contributed by atoms with van der Waals surface area (Å²) in [6.45, 7) is 8.32. The van der Waals surface area contributed by atoms with Crippen molar-refractivity contribution in [2.24, 2.45) is 5.92 Å². The lowest BCUT2D eigenvalue weighted by Gasteiger charge is -2.21. The van der Waals surface area contributed by atoms with E-state index in [4.69, 9.17) is 4.74 Å². The SMILES string of the molecule is CCS(=O)(=O)NCCNC(=O)[C@@H](C)C(=O)OC(C)(C)C. The summed E-state index contributed by atoms with van der Waals surface area (Å²) in [5.41, 5.74) is -0.650. The van der Waals surface area contributed by atoms with Crippen LogP contribution in [0.4, 0.5) is 0 Å². The Morgan fingerprint density at radius 3 is 2.20 bits per heavy atom. The van der Waals surface area contributed by atoms with Gasteiger partial charge in [0.15, 0.2) is 0 Å². The molecule has 0 heterocycles. The molecule has 7 nitrogen and oxygen atoms in total. The standard InChI is InChI=1S/C12H24N2O5S/c1-6-20(17,18)14-8-7-13-10(15)9(2)11(16)19-12(3,4)5/h9,14H,6-8H2,1-5H3,(H,13,15)/t9-/m1/s1. The summed E-state index contributed by atoms with van der Waals surface area (Å²) < 4.78 is 29.7. The molecule has 0 unspecified atom stereocenters. The molecule has 0 saturated carbocycles. The molecule has 8 heteroatoms. The van der Waals surface area contributed by atoms with Gasteiger partial charge in [0, 0.05) is 13.1 Å². The van der Waals surface area contributed by atoms with Crippen LogP contribution in [0.25, 0.3) is 0 Å². The van der Waals surface area contributed by atoms with E-state index in [0.717, 1.165) is 0 Å². The molecule has 0 aliphatic heterocycles. The van der Waals surface area contributed by atoms with Gasteiger partial charge < -0.3 is 10.1 Å². The first kappa shape index (κ1) is 18.9. The molecule has 0 fully saturated rings. The highest BCUT2D eigenvalue weighted by molar-refractivity contribution is 7.89. The summed E-state index contributed by atoms with van der Waals surface area (Å²) >= 11 is 0. The summed E-state index contributed by atoms with van der Waals surface area (Å²) in [4.78, 5) is 23.3. The summed E-state index contributed by atoms with van der Waals surface area (Å²) in [6, 6.07) is 0. The van der Waals surface area contributed by atoms with Crippen molar-refractivity contribution in [1.29, 1.82) is 0 Å². The van der Waals surface area contributed by atoms with E-state index in [-0.39, 0.29) is 18.8 Å². The quantitative estimate of drug-likeness (QED) is 0.392. The van der Waals surface area contributed by atoms with Crippen LogP contribution in [0.1, 0.15) is 34.6 Å². The number of hydrogen-bond donors (Lipinski definition) is 2. The maximum Gasteiger partial charge on any atom is 0.318 e. The van der Waals surface area contributed by atoms with Crippen molar-refractivity contribution in [3.05, 3.63) is 0 Å². The molecule has 0 rings (SSSR count). The van der Waals surface area contributed by atoms with Crippen molar-refractivity contribution in [1.82, 2.24) is 10.0 Å². The van der Waals surface area contributed by atoms with Crippen LogP contribution >= 0.6 is 0 Å². The lowest BCUT2D eigenvalue weighted by Crippen LogP contribution is -2.41. The Labute approximate surface area is 120 Å². The van der Waals surface area contributed by atoms with E-state index in [9.17, 15) is 18.0 Å². The van der Waals surface area contributed by atoms with Gasteiger partial charge in [0.2, 0.25) is 15.9 Å². The van der Waals surface area contributed by atoms with E-state index < -0.39 is 33.4 Å². The molecule has 0 aliphatic rings. The molecule has 0 radical (unpaired) electrons. The maximum atomic E-state index is 11.7. The lowest BCUT2D eigenvalue weighted by molar-refractivity contribution is -0.161. The number of sulfonamides is 1. The van der Waals surface area contributed by atoms with Crippen molar-refractivity contribution in [3.8, 4) is 0 Å². The number of hydrogen-bond acceptors (Lipinski definition) is 5. The van der Waals surface area contributed by atoms with Gasteiger partial charge in [-0.05, 0) is 34.6 Å². The van der Waals surface area contributed by atoms with Gasteiger partial charge in [0.1, 0.15) is 11.5 Å². The highest BCUT2D eigenvalue weighted by Crippen LogP contribution is 2.11. The van der Waals surface area contributed by atoms with E-state index in [1.165, 1.54) is 13.8 Å². The third kappa shape index (κ3) is 8.11. The van der Waals surface area contributed by atoms with Gasteiger partial charge in [-0.1, -0.05) is 0 Å². The first-order chi connectivity index (χ1) is 8.98. The van der Waals surface area contributed by atoms with Crippen molar-refractivity contribution in [2.75, 3.05) is 18.8 Å². The number of ether oxygens (including phenoxy) is 1. The molecule has 0 spiro atoms. The third-order valence-electron chi connectivity index (χ3n) is 2.28. The molecule has 0 saturated heterocycles. The van der Waals surface area contributed by atoms with Crippen LogP contribution in [0, 0.1) is 5.92 Å². The normalized spacial score (nSPS) is 13.7. The minimum atomic E-state index is -3.27. The van der Waals surface area contributed by atoms with E-state index in [0.29, 0.717) is 0 Å². The Morgan fingerprint density at radius 1 is 1.20 bits per heavy atom. The topological polar surface area (TPSA) is 102 Å². The van der Waals surface area contributed by atoms with E-state index >= 15 is 0 Å². The second-order valence-electron chi connectivity index (χ2n) is 5.34. The number of rotatable bonds is 7. The Hall–Kier alpha value is -1.15. The minimum Gasteiger partial charge on any atom is -0.459 e. The first-order valence-electron chi connectivity index (χ1n) is 6.46. The summed E-state index contributed by atoms with van der Waals surface area (Å²) in [6.07, 6.45) is 0. The van der Waals surface area contributed by atoms with Gasteiger partial charge in [-0.25, -0.2) is 13.1 Å². The predicted octanol–water partition coefficient (Wildman–Crippen LogP) is 0.0197. The average Bonchev–Trinajstić information content (AvgIpc) is 2.31. The monoisotopic (exact) mass is 308 g/mol. The fourth-order valence-electron chi connectivity index (χ4n) is 1.14.